The van der Waals surface area contributed by atoms with Crippen LogP contribution in [0.1, 0.15) is 64.2 Å². The van der Waals surface area contributed by atoms with E-state index in [0.29, 0.717) is 18.4 Å². The molecule has 1 amide bonds. The molecule has 2 N–H and O–H groups in total. The van der Waals surface area contributed by atoms with Crippen LogP contribution in [0.3, 0.4) is 0 Å². The number of ketones is 1. The van der Waals surface area contributed by atoms with Crippen molar-refractivity contribution in [1.82, 2.24) is 30.2 Å². The predicted molar refractivity (Wildman–Crippen MR) is 170 cm³/mol. The minimum absolute atomic E-state index is 0.0247. The molecule has 2 saturated heterocycles. The molecule has 0 radical (unpaired) electrons. The standard InChI is InChI=1S/C34H57FN6O3/c1-38(2)15-7-6-13-36-29-27(35)21-25-30-33(29)44-32-24-10-5-4-9-23(24)11-12-28(32)41(30)22-26(31(25)42)34(43)37-14-8-16-40-19-17-39(3)18-20-40/h22-25,27-30,32-33,36H,4-21H2,1-3H3,(H,37,43). The Balaban J connectivity index is 1.17. The Morgan fingerprint density at radius 1 is 1.02 bits per heavy atom. The summed E-state index contributed by atoms with van der Waals surface area (Å²) in [6.45, 7) is 7.48. The second-order valence-corrected chi connectivity index (χ2v) is 14.9. The second-order valence-electron chi connectivity index (χ2n) is 14.9. The molecule has 0 spiro atoms. The molecule has 9 nitrogen and oxygen atoms in total. The highest BCUT2D eigenvalue weighted by atomic mass is 19.1. The number of carbonyl (C=O) groups is 2. The molecule has 0 aromatic rings. The normalized spacial score (nSPS) is 37.7. The van der Waals surface area contributed by atoms with Gasteiger partial charge in [-0.2, -0.15) is 0 Å². The summed E-state index contributed by atoms with van der Waals surface area (Å²) < 4.78 is 23.1. The third-order valence-electron chi connectivity index (χ3n) is 11.7. The van der Waals surface area contributed by atoms with Crippen molar-refractivity contribution in [2.75, 3.05) is 73.5 Å². The van der Waals surface area contributed by atoms with E-state index < -0.39 is 24.2 Å². The lowest BCUT2D eigenvalue weighted by Crippen LogP contribution is -2.74. The Kier molecular flexibility index (Phi) is 10.6. The SMILES string of the molecule is CN(C)CCCCNC1C(F)CC2C(=O)C(C(=O)NCCCN3CCN(C)CC3)=CN3C4CCC5CCCCC5C4OC1C23. The van der Waals surface area contributed by atoms with E-state index in [-0.39, 0.29) is 41.9 Å². The number of fused-ring (bicyclic) bond motifs is 4. The number of Topliss-reactive ketones (excluding diaryl/α,β-unsaturated/α-hetero) is 1. The van der Waals surface area contributed by atoms with Gasteiger partial charge in [0.05, 0.1) is 35.9 Å². The van der Waals surface area contributed by atoms with Crippen LogP contribution in [-0.4, -0.2) is 141 Å². The minimum Gasteiger partial charge on any atom is -0.369 e. The summed E-state index contributed by atoms with van der Waals surface area (Å²) >= 11 is 0. The number of ether oxygens (including phenoxy) is 1. The monoisotopic (exact) mass is 616 g/mol. The van der Waals surface area contributed by atoms with Crippen LogP contribution >= 0.6 is 0 Å². The fourth-order valence-electron chi connectivity index (χ4n) is 9.26. The number of alkyl halides is 1. The third kappa shape index (κ3) is 6.89. The van der Waals surface area contributed by atoms with E-state index in [2.05, 4.69) is 51.4 Å². The Morgan fingerprint density at radius 3 is 2.61 bits per heavy atom. The maximum absolute atomic E-state index is 16.1. The molecule has 10 heteroatoms. The molecule has 9 unspecified atom stereocenters. The van der Waals surface area contributed by atoms with Crippen molar-refractivity contribution in [1.29, 1.82) is 0 Å². The van der Waals surface area contributed by atoms with Crippen LogP contribution < -0.4 is 10.6 Å². The summed E-state index contributed by atoms with van der Waals surface area (Å²) in [6, 6.07) is -0.513. The number of unbranched alkanes of at least 4 members (excludes halogenated alkanes) is 1. The summed E-state index contributed by atoms with van der Waals surface area (Å²) in [5, 5.41) is 6.60. The Morgan fingerprint density at radius 2 is 1.82 bits per heavy atom. The zero-order valence-corrected chi connectivity index (χ0v) is 27.4. The van der Waals surface area contributed by atoms with Gasteiger partial charge in [-0.1, -0.05) is 19.3 Å². The number of hydrogen-bond donors (Lipinski definition) is 2. The van der Waals surface area contributed by atoms with Gasteiger partial charge in [-0.3, -0.25) is 9.59 Å². The fraction of sp³-hybridized carbons (Fsp3) is 0.882. The molecule has 3 aliphatic heterocycles. The van der Waals surface area contributed by atoms with Crippen LogP contribution in [0.4, 0.5) is 4.39 Å². The van der Waals surface area contributed by atoms with E-state index in [1.165, 1.54) is 25.7 Å². The zero-order chi connectivity index (χ0) is 30.8. The number of halogens is 1. The summed E-state index contributed by atoms with van der Waals surface area (Å²) in [4.78, 5) is 36.8. The average molecular weight is 617 g/mol. The van der Waals surface area contributed by atoms with Crippen molar-refractivity contribution in [3.05, 3.63) is 11.8 Å². The van der Waals surface area contributed by atoms with E-state index in [1.807, 2.05) is 6.20 Å². The molecule has 5 fully saturated rings. The lowest BCUT2D eigenvalue weighted by Gasteiger charge is -2.61. The topological polar surface area (TPSA) is 80.4 Å². The van der Waals surface area contributed by atoms with Gasteiger partial charge in [0.25, 0.3) is 5.91 Å². The summed E-state index contributed by atoms with van der Waals surface area (Å²) in [5.74, 6) is 0.0871. The predicted octanol–water partition coefficient (Wildman–Crippen LogP) is 2.27. The second kappa shape index (κ2) is 14.4. The Hall–Kier alpha value is -1.59. The molecule has 0 aromatic carbocycles. The van der Waals surface area contributed by atoms with E-state index in [9.17, 15) is 9.59 Å². The van der Waals surface area contributed by atoms with Crippen LogP contribution in [0.5, 0.6) is 0 Å². The van der Waals surface area contributed by atoms with Gasteiger partial charge in [-0.25, -0.2) is 4.39 Å². The van der Waals surface area contributed by atoms with E-state index >= 15 is 4.39 Å². The smallest absolute Gasteiger partial charge is 0.256 e. The molecular formula is C34H57FN6O3. The van der Waals surface area contributed by atoms with Crippen LogP contribution in [0.25, 0.3) is 0 Å². The first-order chi connectivity index (χ1) is 21.3. The van der Waals surface area contributed by atoms with E-state index in [1.54, 1.807) is 0 Å². The molecule has 6 rings (SSSR count). The molecule has 3 saturated carbocycles. The highest BCUT2D eigenvalue weighted by Crippen LogP contribution is 2.50. The molecule has 0 aromatic heterocycles. The number of morpholine rings is 1. The molecule has 6 aliphatic rings. The van der Waals surface area contributed by atoms with Gasteiger partial charge in [0, 0.05) is 44.8 Å². The number of nitrogens with one attached hydrogen (secondary N) is 2. The number of rotatable bonds is 11. The van der Waals surface area contributed by atoms with Crippen molar-refractivity contribution in [2.45, 2.75) is 101 Å². The van der Waals surface area contributed by atoms with Gasteiger partial charge in [-0.15, -0.1) is 0 Å². The number of carbonyl (C=O) groups excluding carboxylic acids is 2. The number of hydrogen-bond acceptors (Lipinski definition) is 8. The summed E-state index contributed by atoms with van der Waals surface area (Å²) in [5.41, 5.74) is 0.221. The molecular weight excluding hydrogens is 559 g/mol. The van der Waals surface area contributed by atoms with Crippen molar-refractivity contribution in [2.24, 2.45) is 17.8 Å². The third-order valence-corrected chi connectivity index (χ3v) is 11.7. The maximum Gasteiger partial charge on any atom is 0.256 e. The Bertz CT molecular complexity index is 1030. The van der Waals surface area contributed by atoms with Crippen LogP contribution in [0, 0.1) is 17.8 Å². The fourth-order valence-corrected chi connectivity index (χ4v) is 9.26. The molecule has 9 atom stereocenters. The van der Waals surface area contributed by atoms with Gasteiger partial charge < -0.3 is 35.0 Å². The quantitative estimate of drug-likeness (QED) is 0.271. The number of likely N-dealkylation sites (N-methyl/N-ethyl adjacent to an activating group) is 1. The number of nitrogens with zero attached hydrogens (tertiary/aromatic N) is 4. The van der Waals surface area contributed by atoms with E-state index in [4.69, 9.17) is 4.74 Å². The first-order valence-corrected chi connectivity index (χ1v) is 17.7. The van der Waals surface area contributed by atoms with Crippen molar-refractivity contribution in [3.8, 4) is 0 Å². The maximum atomic E-state index is 16.1. The summed E-state index contributed by atoms with van der Waals surface area (Å²) in [7, 11) is 6.30. The van der Waals surface area contributed by atoms with Crippen molar-refractivity contribution >= 4 is 11.7 Å². The first-order valence-electron chi connectivity index (χ1n) is 17.7. The van der Waals surface area contributed by atoms with Crippen LogP contribution in [0.15, 0.2) is 11.8 Å². The zero-order valence-electron chi connectivity index (χ0n) is 27.4. The number of piperazine rings is 1. The molecule has 3 heterocycles. The lowest BCUT2D eigenvalue weighted by molar-refractivity contribution is -0.220. The van der Waals surface area contributed by atoms with Crippen molar-refractivity contribution in [3.63, 3.8) is 0 Å². The average Bonchev–Trinajstić information content (AvgIpc) is 3.02. The number of amides is 1. The van der Waals surface area contributed by atoms with E-state index in [0.717, 1.165) is 77.9 Å². The largest absolute Gasteiger partial charge is 0.369 e. The van der Waals surface area contributed by atoms with Crippen LogP contribution in [0.2, 0.25) is 0 Å². The van der Waals surface area contributed by atoms with Gasteiger partial charge in [0.15, 0.2) is 5.78 Å². The lowest BCUT2D eigenvalue weighted by atomic mass is 9.64. The molecule has 0 bridgehead atoms. The highest BCUT2D eigenvalue weighted by molar-refractivity contribution is 6.20. The van der Waals surface area contributed by atoms with Gasteiger partial charge in [0.2, 0.25) is 0 Å². The Labute approximate surface area is 264 Å². The van der Waals surface area contributed by atoms with Crippen LogP contribution in [-0.2, 0) is 14.3 Å². The van der Waals surface area contributed by atoms with Crippen molar-refractivity contribution < 1.29 is 18.7 Å². The highest BCUT2D eigenvalue weighted by Gasteiger charge is 2.60. The minimum atomic E-state index is -1.19. The molecule has 44 heavy (non-hydrogen) atoms. The van der Waals surface area contributed by atoms with Gasteiger partial charge >= 0.3 is 0 Å². The summed E-state index contributed by atoms with van der Waals surface area (Å²) in [6.07, 6.45) is 10.4. The first kappa shape index (κ1) is 32.4. The molecule has 248 valence electrons. The van der Waals surface area contributed by atoms with Gasteiger partial charge in [-0.05, 0) is 97.6 Å². The van der Waals surface area contributed by atoms with Gasteiger partial charge in [0.1, 0.15) is 6.17 Å². The molecule has 3 aliphatic carbocycles.